The Balaban J connectivity index is 1.40. The van der Waals surface area contributed by atoms with Gasteiger partial charge >= 0.3 is 0 Å². The number of hydrogen-bond donors (Lipinski definition) is 1. The molecule has 0 saturated carbocycles. The second-order valence-corrected chi connectivity index (χ2v) is 7.57. The van der Waals surface area contributed by atoms with Crippen molar-refractivity contribution in [2.45, 2.75) is 31.5 Å². The van der Waals surface area contributed by atoms with Crippen LogP contribution in [0.4, 0.5) is 20.4 Å². The van der Waals surface area contributed by atoms with Crippen LogP contribution in [0, 0.1) is 0 Å². The van der Waals surface area contributed by atoms with Crippen LogP contribution >= 0.6 is 11.8 Å². The molecule has 1 saturated heterocycles. The summed E-state index contributed by atoms with van der Waals surface area (Å²) in [6.45, 7) is 7.44. The fourth-order valence-electron chi connectivity index (χ4n) is 3.24. The number of halogens is 2. The Labute approximate surface area is 162 Å². The molecule has 0 amide bonds. The molecule has 6 nitrogen and oxygen atoms in total. The third-order valence-corrected chi connectivity index (χ3v) is 5.82. The number of piperazine rings is 1. The van der Waals surface area contributed by atoms with Gasteiger partial charge in [0.2, 0.25) is 5.95 Å². The Morgan fingerprint density at radius 1 is 1.19 bits per heavy atom. The van der Waals surface area contributed by atoms with E-state index in [2.05, 4.69) is 20.0 Å². The topological polar surface area (TPSA) is 63.2 Å². The molecule has 0 aliphatic carbocycles. The zero-order valence-corrected chi connectivity index (χ0v) is 16.3. The monoisotopic (exact) mass is 396 g/mol. The summed E-state index contributed by atoms with van der Waals surface area (Å²) in [6.07, 6.45) is -1.36. The predicted molar refractivity (Wildman–Crippen MR) is 106 cm³/mol. The molecular weight excluding hydrogens is 370 g/mol. The summed E-state index contributed by atoms with van der Waals surface area (Å²) in [5.74, 6) is 1.43. The van der Waals surface area contributed by atoms with E-state index in [0.29, 0.717) is 5.95 Å². The number of nitrogen functional groups attached to an aromatic ring is 1. The molecule has 0 radical (unpaired) electrons. The number of thioether (sulfide) groups is 1. The van der Waals surface area contributed by atoms with E-state index >= 15 is 0 Å². The van der Waals surface area contributed by atoms with Gasteiger partial charge in [0.25, 0.3) is 6.43 Å². The van der Waals surface area contributed by atoms with E-state index in [1.54, 1.807) is 23.9 Å². The van der Waals surface area contributed by atoms with Gasteiger partial charge in [-0.1, -0.05) is 23.9 Å². The number of alkyl halides is 2. The van der Waals surface area contributed by atoms with Crippen molar-refractivity contribution in [2.24, 2.45) is 0 Å². The molecule has 1 aromatic heterocycles. The van der Waals surface area contributed by atoms with Crippen LogP contribution in [0.15, 0.2) is 29.4 Å². The minimum absolute atomic E-state index is 0.0903. The molecule has 0 atom stereocenters. The van der Waals surface area contributed by atoms with Gasteiger partial charge in [0, 0.05) is 49.7 Å². The van der Waals surface area contributed by atoms with Gasteiger partial charge in [0.1, 0.15) is 0 Å². The van der Waals surface area contributed by atoms with Crippen molar-refractivity contribution < 1.29 is 8.78 Å². The number of anilines is 2. The zero-order chi connectivity index (χ0) is 19.2. The number of hydrogen-bond acceptors (Lipinski definition) is 6. The quantitative estimate of drug-likeness (QED) is 0.546. The Kier molecular flexibility index (Phi) is 6.89. The highest BCUT2D eigenvalue weighted by atomic mass is 32.2. The van der Waals surface area contributed by atoms with Crippen LogP contribution in [0.1, 0.15) is 25.3 Å². The van der Waals surface area contributed by atoms with Crippen LogP contribution in [0.3, 0.4) is 0 Å². The van der Waals surface area contributed by atoms with E-state index < -0.39 is 6.43 Å². The first-order valence-electron chi connectivity index (χ1n) is 9.25. The van der Waals surface area contributed by atoms with Crippen molar-refractivity contribution in [3.05, 3.63) is 29.8 Å². The summed E-state index contributed by atoms with van der Waals surface area (Å²) >= 11 is 1.68. The minimum Gasteiger partial charge on any atom is -0.369 e. The zero-order valence-electron chi connectivity index (χ0n) is 15.5. The van der Waals surface area contributed by atoms with Crippen molar-refractivity contribution in [3.63, 3.8) is 0 Å². The third-order valence-electron chi connectivity index (χ3n) is 4.77. The van der Waals surface area contributed by atoms with Gasteiger partial charge in [-0.2, -0.15) is 0 Å². The lowest BCUT2D eigenvalue weighted by Crippen LogP contribution is -2.46. The first-order valence-corrected chi connectivity index (χ1v) is 10.2. The number of benzene rings is 1. The van der Waals surface area contributed by atoms with E-state index in [4.69, 9.17) is 5.73 Å². The molecule has 0 spiro atoms. The van der Waals surface area contributed by atoms with E-state index in [1.807, 2.05) is 17.6 Å². The van der Waals surface area contributed by atoms with Crippen molar-refractivity contribution >= 4 is 23.4 Å². The van der Waals surface area contributed by atoms with Gasteiger partial charge in [0.15, 0.2) is 5.16 Å². The summed E-state index contributed by atoms with van der Waals surface area (Å²) < 4.78 is 27.7. The summed E-state index contributed by atoms with van der Waals surface area (Å²) in [5, 5.41) is 8.90. The Morgan fingerprint density at radius 2 is 1.96 bits per heavy atom. The lowest BCUT2D eigenvalue weighted by Gasteiger charge is -2.36. The molecule has 27 heavy (non-hydrogen) atoms. The molecule has 1 aliphatic rings. The standard InChI is InChI=1S/C18H26F2N6S/c1-2-26-17(21)22-23-18(26)27-12-4-7-24-8-10-25(11-9-24)15-6-3-5-14(13-15)16(19)20/h3,5-6,13,16H,2,4,7-12H2,1H3,(H2,21,22). The smallest absolute Gasteiger partial charge is 0.263 e. The summed E-state index contributed by atoms with van der Waals surface area (Å²) in [6, 6.07) is 6.71. The summed E-state index contributed by atoms with van der Waals surface area (Å²) in [7, 11) is 0. The fourth-order valence-corrected chi connectivity index (χ4v) is 4.18. The number of nitrogens with zero attached hydrogens (tertiary/aromatic N) is 5. The van der Waals surface area contributed by atoms with Gasteiger partial charge in [-0.3, -0.25) is 9.47 Å². The molecule has 0 bridgehead atoms. The number of aromatic nitrogens is 3. The fraction of sp³-hybridized carbons (Fsp3) is 0.556. The molecule has 1 aromatic carbocycles. The first-order chi connectivity index (χ1) is 13.1. The van der Waals surface area contributed by atoms with Gasteiger partial charge in [-0.15, -0.1) is 10.2 Å². The van der Waals surface area contributed by atoms with E-state index in [0.717, 1.165) is 62.3 Å². The van der Waals surface area contributed by atoms with Gasteiger partial charge in [-0.05, 0) is 32.0 Å². The predicted octanol–water partition coefficient (Wildman–Crippen LogP) is 3.12. The highest BCUT2D eigenvalue weighted by Crippen LogP contribution is 2.25. The van der Waals surface area contributed by atoms with Crippen LogP contribution < -0.4 is 10.6 Å². The van der Waals surface area contributed by atoms with E-state index in [1.165, 1.54) is 6.07 Å². The number of nitrogens with two attached hydrogens (primary N) is 1. The van der Waals surface area contributed by atoms with E-state index in [9.17, 15) is 8.78 Å². The van der Waals surface area contributed by atoms with Crippen LogP contribution in [0.2, 0.25) is 0 Å². The van der Waals surface area contributed by atoms with Crippen molar-refractivity contribution in [1.29, 1.82) is 0 Å². The molecule has 2 aromatic rings. The minimum atomic E-state index is -2.42. The molecule has 3 rings (SSSR count). The second-order valence-electron chi connectivity index (χ2n) is 6.51. The van der Waals surface area contributed by atoms with Crippen molar-refractivity contribution in [2.75, 3.05) is 49.1 Å². The maximum absolute atomic E-state index is 12.9. The first kappa shape index (κ1) is 19.9. The average Bonchev–Trinajstić information content (AvgIpc) is 3.05. The van der Waals surface area contributed by atoms with Crippen molar-refractivity contribution in [1.82, 2.24) is 19.7 Å². The molecule has 1 aliphatic heterocycles. The van der Waals surface area contributed by atoms with Crippen LogP contribution in [-0.2, 0) is 6.54 Å². The van der Waals surface area contributed by atoms with Crippen LogP contribution in [0.5, 0.6) is 0 Å². The third kappa shape index (κ3) is 5.10. The van der Waals surface area contributed by atoms with Gasteiger partial charge in [-0.25, -0.2) is 8.78 Å². The molecular formula is C18H26F2N6S. The normalized spacial score (nSPS) is 15.6. The van der Waals surface area contributed by atoms with Crippen LogP contribution in [-0.4, -0.2) is 58.1 Å². The lowest BCUT2D eigenvalue weighted by atomic mass is 10.1. The van der Waals surface area contributed by atoms with E-state index in [-0.39, 0.29) is 5.56 Å². The molecule has 2 N–H and O–H groups in total. The Bertz CT molecular complexity index is 730. The summed E-state index contributed by atoms with van der Waals surface area (Å²) in [5.41, 5.74) is 6.76. The maximum Gasteiger partial charge on any atom is 0.263 e. The van der Waals surface area contributed by atoms with Crippen molar-refractivity contribution in [3.8, 4) is 0 Å². The Hall–Kier alpha value is -1.87. The highest BCUT2D eigenvalue weighted by molar-refractivity contribution is 7.99. The van der Waals surface area contributed by atoms with Crippen LogP contribution in [0.25, 0.3) is 0 Å². The largest absolute Gasteiger partial charge is 0.369 e. The molecule has 9 heteroatoms. The Morgan fingerprint density at radius 3 is 2.67 bits per heavy atom. The highest BCUT2D eigenvalue weighted by Gasteiger charge is 2.18. The maximum atomic E-state index is 12.9. The molecule has 148 valence electrons. The molecule has 1 fully saturated rings. The molecule has 0 unspecified atom stereocenters. The average molecular weight is 397 g/mol. The molecule has 2 heterocycles. The lowest BCUT2D eigenvalue weighted by molar-refractivity contribution is 0.151. The second kappa shape index (κ2) is 9.36. The van der Waals surface area contributed by atoms with Gasteiger partial charge < -0.3 is 10.6 Å². The SMILES string of the molecule is CCn1c(N)nnc1SCCCN1CCN(c2cccc(C(F)F)c2)CC1. The van der Waals surface area contributed by atoms with Gasteiger partial charge in [0.05, 0.1) is 0 Å². The number of rotatable bonds is 8. The summed E-state index contributed by atoms with van der Waals surface area (Å²) in [4.78, 5) is 4.61.